The number of amidine groups is 1. The highest BCUT2D eigenvalue weighted by molar-refractivity contribution is 8.18. The molecular formula is C22H24N2O2S. The second-order valence-corrected chi connectivity index (χ2v) is 7.93. The Balaban J connectivity index is 1.91. The molecule has 1 fully saturated rings. The van der Waals surface area contributed by atoms with Crippen LogP contribution in [-0.2, 0) is 4.79 Å². The van der Waals surface area contributed by atoms with Crippen LogP contribution in [-0.4, -0.2) is 29.6 Å². The average Bonchev–Trinajstić information content (AvgIpc) is 2.92. The summed E-state index contributed by atoms with van der Waals surface area (Å²) in [5.41, 5.74) is 3.01. The number of methoxy groups -OCH3 is 1. The molecular weight excluding hydrogens is 356 g/mol. The standard InChI is InChI=1S/C22H24N2O2S/c1-15(2)14-24-21(25)20(13-17-7-11-19(26-4)12-8-17)27-22(24)23-18-9-5-16(3)6-10-18/h5-13,15H,14H2,1-4H3/b20-13+,23-22?. The largest absolute Gasteiger partial charge is 0.497 e. The first-order valence-corrected chi connectivity index (χ1v) is 9.78. The molecule has 0 N–H and O–H groups in total. The summed E-state index contributed by atoms with van der Waals surface area (Å²) in [6.45, 7) is 6.90. The number of amides is 1. The number of benzene rings is 2. The van der Waals surface area contributed by atoms with E-state index in [2.05, 4.69) is 13.8 Å². The van der Waals surface area contributed by atoms with Crippen LogP contribution in [0.1, 0.15) is 25.0 Å². The van der Waals surface area contributed by atoms with E-state index in [1.54, 1.807) is 12.0 Å². The van der Waals surface area contributed by atoms with Crippen molar-refractivity contribution in [2.45, 2.75) is 20.8 Å². The number of thioether (sulfide) groups is 1. The van der Waals surface area contributed by atoms with Gasteiger partial charge in [0.25, 0.3) is 5.91 Å². The molecule has 27 heavy (non-hydrogen) atoms. The minimum absolute atomic E-state index is 0.00961. The molecule has 0 bridgehead atoms. The molecule has 1 amide bonds. The smallest absolute Gasteiger partial charge is 0.266 e. The lowest BCUT2D eigenvalue weighted by molar-refractivity contribution is -0.122. The third kappa shape index (κ3) is 4.80. The number of aliphatic imine (C=N–C) groups is 1. The van der Waals surface area contributed by atoms with Gasteiger partial charge < -0.3 is 4.74 Å². The summed E-state index contributed by atoms with van der Waals surface area (Å²) in [6.07, 6.45) is 1.91. The number of aryl methyl sites for hydroxylation is 1. The molecule has 4 nitrogen and oxygen atoms in total. The fourth-order valence-electron chi connectivity index (χ4n) is 2.70. The number of ether oxygens (including phenoxy) is 1. The minimum atomic E-state index is 0.00961. The molecule has 0 spiro atoms. The summed E-state index contributed by atoms with van der Waals surface area (Å²) in [5.74, 6) is 1.17. The van der Waals surface area contributed by atoms with Crippen molar-refractivity contribution in [2.24, 2.45) is 10.9 Å². The molecule has 1 aliphatic rings. The van der Waals surface area contributed by atoms with Gasteiger partial charge in [-0.3, -0.25) is 9.69 Å². The van der Waals surface area contributed by atoms with Crippen molar-refractivity contribution < 1.29 is 9.53 Å². The van der Waals surface area contributed by atoms with Crippen molar-refractivity contribution >= 4 is 34.6 Å². The van der Waals surface area contributed by atoms with E-state index in [-0.39, 0.29) is 5.91 Å². The van der Waals surface area contributed by atoms with Crippen LogP contribution in [0.5, 0.6) is 5.75 Å². The maximum Gasteiger partial charge on any atom is 0.266 e. The Hall–Kier alpha value is -2.53. The lowest BCUT2D eigenvalue weighted by Crippen LogP contribution is -2.32. The van der Waals surface area contributed by atoms with Crippen molar-refractivity contribution in [3.8, 4) is 5.75 Å². The Labute approximate surface area is 164 Å². The van der Waals surface area contributed by atoms with Crippen molar-refractivity contribution in [1.82, 2.24) is 4.90 Å². The predicted molar refractivity (Wildman–Crippen MR) is 113 cm³/mol. The van der Waals surface area contributed by atoms with Gasteiger partial charge in [-0.1, -0.05) is 43.7 Å². The minimum Gasteiger partial charge on any atom is -0.497 e. The summed E-state index contributed by atoms with van der Waals surface area (Å²) < 4.78 is 5.19. The van der Waals surface area contributed by atoms with Gasteiger partial charge >= 0.3 is 0 Å². The lowest BCUT2D eigenvalue weighted by atomic mass is 10.2. The molecule has 5 heteroatoms. The van der Waals surface area contributed by atoms with Crippen LogP contribution < -0.4 is 4.74 Å². The van der Waals surface area contributed by atoms with Gasteiger partial charge in [0.05, 0.1) is 17.7 Å². The fraction of sp³-hybridized carbons (Fsp3) is 0.273. The molecule has 1 heterocycles. The van der Waals surface area contributed by atoms with Crippen molar-refractivity contribution in [2.75, 3.05) is 13.7 Å². The quantitative estimate of drug-likeness (QED) is 0.664. The summed E-state index contributed by atoms with van der Waals surface area (Å²) in [5, 5.41) is 0.734. The number of hydrogen-bond donors (Lipinski definition) is 0. The van der Waals surface area contributed by atoms with E-state index in [4.69, 9.17) is 9.73 Å². The first kappa shape index (κ1) is 19.2. The number of carbonyl (C=O) groups is 1. The molecule has 1 saturated heterocycles. The van der Waals surface area contributed by atoms with Crippen LogP contribution >= 0.6 is 11.8 Å². The molecule has 1 aliphatic heterocycles. The van der Waals surface area contributed by atoms with Crippen LogP contribution in [0.25, 0.3) is 6.08 Å². The fourth-order valence-corrected chi connectivity index (χ4v) is 3.71. The second-order valence-electron chi connectivity index (χ2n) is 6.92. The Kier molecular flexibility index (Phi) is 6.01. The van der Waals surface area contributed by atoms with E-state index in [1.807, 2.05) is 61.5 Å². The molecule has 2 aromatic rings. The first-order chi connectivity index (χ1) is 13.0. The van der Waals surface area contributed by atoms with E-state index in [0.717, 1.165) is 22.2 Å². The zero-order chi connectivity index (χ0) is 19.4. The number of rotatable bonds is 5. The third-order valence-corrected chi connectivity index (χ3v) is 5.11. The Morgan fingerprint density at radius 2 is 1.78 bits per heavy atom. The lowest BCUT2D eigenvalue weighted by Gasteiger charge is -2.17. The molecule has 0 saturated carbocycles. The Bertz CT molecular complexity index is 868. The van der Waals surface area contributed by atoms with Crippen molar-refractivity contribution in [1.29, 1.82) is 0 Å². The summed E-state index contributed by atoms with van der Waals surface area (Å²) in [4.78, 5) is 20.2. The maximum atomic E-state index is 13.0. The van der Waals surface area contributed by atoms with E-state index in [9.17, 15) is 4.79 Å². The van der Waals surface area contributed by atoms with E-state index >= 15 is 0 Å². The van der Waals surface area contributed by atoms with Gasteiger partial charge in [-0.15, -0.1) is 0 Å². The normalized spacial score (nSPS) is 17.4. The molecule has 2 aromatic carbocycles. The van der Waals surface area contributed by atoms with Gasteiger partial charge in [-0.25, -0.2) is 4.99 Å². The van der Waals surface area contributed by atoms with Gasteiger partial charge in [0.15, 0.2) is 5.17 Å². The summed E-state index contributed by atoms with van der Waals surface area (Å²) in [6, 6.07) is 15.7. The monoisotopic (exact) mass is 380 g/mol. The van der Waals surface area contributed by atoms with Crippen LogP contribution in [0.3, 0.4) is 0 Å². The SMILES string of the molecule is COc1ccc(/C=C2/SC(=Nc3ccc(C)cc3)N(CC(C)C)C2=O)cc1. The third-order valence-electron chi connectivity index (χ3n) is 4.11. The van der Waals surface area contributed by atoms with Gasteiger partial charge in [0, 0.05) is 6.54 Å². The van der Waals surface area contributed by atoms with E-state index in [1.165, 1.54) is 17.3 Å². The average molecular weight is 381 g/mol. The number of carbonyl (C=O) groups excluding carboxylic acids is 1. The number of nitrogens with zero attached hydrogens (tertiary/aromatic N) is 2. The van der Waals surface area contributed by atoms with Gasteiger partial charge in [-0.2, -0.15) is 0 Å². The Morgan fingerprint density at radius 1 is 1.11 bits per heavy atom. The topological polar surface area (TPSA) is 41.9 Å². The molecule has 0 aliphatic carbocycles. The van der Waals surface area contributed by atoms with E-state index in [0.29, 0.717) is 17.4 Å². The first-order valence-electron chi connectivity index (χ1n) is 8.97. The molecule has 140 valence electrons. The van der Waals surface area contributed by atoms with Crippen LogP contribution in [0.15, 0.2) is 58.4 Å². The highest BCUT2D eigenvalue weighted by atomic mass is 32.2. The van der Waals surface area contributed by atoms with Crippen molar-refractivity contribution in [3.05, 3.63) is 64.6 Å². The van der Waals surface area contributed by atoms with Crippen LogP contribution in [0, 0.1) is 12.8 Å². The van der Waals surface area contributed by atoms with Gasteiger partial charge in [0.1, 0.15) is 5.75 Å². The highest BCUT2D eigenvalue weighted by Crippen LogP contribution is 2.34. The Morgan fingerprint density at radius 3 is 2.37 bits per heavy atom. The second kappa shape index (κ2) is 8.44. The van der Waals surface area contributed by atoms with Crippen molar-refractivity contribution in [3.63, 3.8) is 0 Å². The molecule has 0 aromatic heterocycles. The molecule has 3 rings (SSSR count). The predicted octanol–water partition coefficient (Wildman–Crippen LogP) is 5.26. The zero-order valence-electron chi connectivity index (χ0n) is 16.1. The van der Waals surface area contributed by atoms with E-state index < -0.39 is 0 Å². The molecule has 0 atom stereocenters. The number of hydrogen-bond acceptors (Lipinski definition) is 4. The highest BCUT2D eigenvalue weighted by Gasteiger charge is 2.33. The summed E-state index contributed by atoms with van der Waals surface area (Å²) >= 11 is 1.43. The van der Waals surface area contributed by atoms with Crippen LogP contribution in [0.2, 0.25) is 0 Å². The molecule has 0 unspecified atom stereocenters. The summed E-state index contributed by atoms with van der Waals surface area (Å²) in [7, 11) is 1.64. The zero-order valence-corrected chi connectivity index (χ0v) is 16.9. The molecule has 0 radical (unpaired) electrons. The van der Waals surface area contributed by atoms with Crippen LogP contribution in [0.4, 0.5) is 5.69 Å². The van der Waals surface area contributed by atoms with Gasteiger partial charge in [-0.05, 0) is 60.5 Å². The van der Waals surface area contributed by atoms with Gasteiger partial charge in [0.2, 0.25) is 0 Å². The maximum absolute atomic E-state index is 13.0.